The van der Waals surface area contributed by atoms with Gasteiger partial charge in [0, 0.05) is 13.6 Å². The molecule has 0 spiro atoms. The molecule has 0 unspecified atom stereocenters. The minimum absolute atomic E-state index is 0.216. The van der Waals surface area contributed by atoms with Gasteiger partial charge in [0.1, 0.15) is 10.7 Å². The summed E-state index contributed by atoms with van der Waals surface area (Å²) in [6.45, 7) is 2.80. The molecule has 4 N–H and O–H groups in total. The van der Waals surface area contributed by atoms with Gasteiger partial charge in [-0.15, -0.1) is 0 Å². The van der Waals surface area contributed by atoms with Crippen LogP contribution in [0.2, 0.25) is 0 Å². The number of carbonyl (C=O) groups excluding carboxylic acids is 1. The van der Waals surface area contributed by atoms with E-state index >= 15 is 0 Å². The molecule has 72 valence electrons. The van der Waals surface area contributed by atoms with Crippen molar-refractivity contribution in [3.63, 3.8) is 0 Å². The Kier molecular flexibility index (Phi) is 2.72. The summed E-state index contributed by atoms with van der Waals surface area (Å²) >= 11 is 1.22. The number of primary amides is 1. The van der Waals surface area contributed by atoms with Gasteiger partial charge in [-0.1, -0.05) is 11.3 Å². The number of carbonyl (C=O) groups is 1. The van der Waals surface area contributed by atoms with Gasteiger partial charge in [0.15, 0.2) is 5.13 Å². The second-order valence-electron chi connectivity index (χ2n) is 2.59. The van der Waals surface area contributed by atoms with E-state index in [4.69, 9.17) is 11.5 Å². The highest BCUT2D eigenvalue weighted by Crippen LogP contribution is 2.26. The van der Waals surface area contributed by atoms with Crippen molar-refractivity contribution in [1.82, 2.24) is 4.98 Å². The van der Waals surface area contributed by atoms with Crippen LogP contribution in [0.1, 0.15) is 16.6 Å². The zero-order valence-corrected chi connectivity index (χ0v) is 8.39. The SMILES string of the molecule is CCN(C)c1nc(N)c(C(N)=O)s1. The molecule has 0 bridgehead atoms. The molecule has 0 fully saturated rings. The van der Waals surface area contributed by atoms with Crippen LogP contribution in [0.5, 0.6) is 0 Å². The lowest BCUT2D eigenvalue weighted by atomic mass is 10.5. The smallest absolute Gasteiger partial charge is 0.262 e. The van der Waals surface area contributed by atoms with Crippen molar-refractivity contribution in [2.45, 2.75) is 6.92 Å². The van der Waals surface area contributed by atoms with E-state index in [0.717, 1.165) is 6.54 Å². The average Bonchev–Trinajstić information content (AvgIpc) is 2.46. The van der Waals surface area contributed by atoms with E-state index in [0.29, 0.717) is 10.0 Å². The summed E-state index contributed by atoms with van der Waals surface area (Å²) in [6.07, 6.45) is 0. The van der Waals surface area contributed by atoms with E-state index in [1.807, 2.05) is 18.9 Å². The van der Waals surface area contributed by atoms with E-state index in [9.17, 15) is 4.79 Å². The van der Waals surface area contributed by atoms with Gasteiger partial charge in [-0.05, 0) is 6.92 Å². The lowest BCUT2D eigenvalue weighted by molar-refractivity contribution is 0.100. The predicted octanol–water partition coefficient (Wildman–Crippen LogP) is 0.280. The number of rotatable bonds is 3. The van der Waals surface area contributed by atoms with Crippen molar-refractivity contribution in [2.75, 3.05) is 24.2 Å². The number of hydrogen-bond donors (Lipinski definition) is 2. The van der Waals surface area contributed by atoms with Gasteiger partial charge in [0.05, 0.1) is 0 Å². The Balaban J connectivity index is 3.01. The number of hydrogen-bond acceptors (Lipinski definition) is 5. The highest BCUT2D eigenvalue weighted by atomic mass is 32.1. The van der Waals surface area contributed by atoms with Crippen LogP contribution in [0.25, 0.3) is 0 Å². The summed E-state index contributed by atoms with van der Waals surface area (Å²) in [6, 6.07) is 0. The lowest BCUT2D eigenvalue weighted by Crippen LogP contribution is -2.15. The van der Waals surface area contributed by atoms with E-state index in [1.165, 1.54) is 11.3 Å². The number of amides is 1. The molecular weight excluding hydrogens is 188 g/mol. The third-order valence-corrected chi connectivity index (χ3v) is 2.87. The van der Waals surface area contributed by atoms with Gasteiger partial charge in [-0.2, -0.15) is 0 Å². The molecule has 0 aliphatic heterocycles. The van der Waals surface area contributed by atoms with E-state index < -0.39 is 5.91 Å². The van der Waals surface area contributed by atoms with Crippen molar-refractivity contribution in [2.24, 2.45) is 5.73 Å². The number of anilines is 2. The van der Waals surface area contributed by atoms with E-state index in [2.05, 4.69) is 4.98 Å². The second kappa shape index (κ2) is 3.61. The summed E-state index contributed by atoms with van der Waals surface area (Å²) in [5, 5.41) is 0.716. The van der Waals surface area contributed by atoms with Crippen molar-refractivity contribution in [3.05, 3.63) is 4.88 Å². The fraction of sp³-hybridized carbons (Fsp3) is 0.429. The predicted molar refractivity (Wildman–Crippen MR) is 54.0 cm³/mol. The van der Waals surface area contributed by atoms with E-state index in [1.54, 1.807) is 0 Å². The van der Waals surface area contributed by atoms with Crippen LogP contribution in [-0.2, 0) is 0 Å². The van der Waals surface area contributed by atoms with Crippen molar-refractivity contribution < 1.29 is 4.79 Å². The summed E-state index contributed by atoms with van der Waals surface area (Å²) in [5.74, 6) is -0.307. The van der Waals surface area contributed by atoms with Crippen molar-refractivity contribution in [1.29, 1.82) is 0 Å². The third-order valence-electron chi connectivity index (χ3n) is 1.67. The molecular formula is C7H12N4OS. The van der Waals surface area contributed by atoms with Gasteiger partial charge in [-0.3, -0.25) is 4.79 Å². The standard InChI is InChI=1S/C7H12N4OS/c1-3-11(2)7-10-5(8)4(13-7)6(9)12/h3,8H2,1-2H3,(H2,9,12). The lowest BCUT2D eigenvalue weighted by Gasteiger charge is -2.10. The van der Waals surface area contributed by atoms with Gasteiger partial charge >= 0.3 is 0 Å². The fourth-order valence-corrected chi connectivity index (χ4v) is 1.66. The number of nitrogens with two attached hydrogens (primary N) is 2. The first-order valence-corrected chi connectivity index (χ1v) is 4.65. The van der Waals surface area contributed by atoms with Crippen LogP contribution in [0, 0.1) is 0 Å². The van der Waals surface area contributed by atoms with Crippen molar-refractivity contribution in [3.8, 4) is 0 Å². The molecule has 0 saturated heterocycles. The largest absolute Gasteiger partial charge is 0.382 e. The Morgan fingerprint density at radius 2 is 2.31 bits per heavy atom. The molecule has 13 heavy (non-hydrogen) atoms. The number of nitrogen functional groups attached to an aromatic ring is 1. The summed E-state index contributed by atoms with van der Waals surface area (Å²) < 4.78 is 0. The van der Waals surface area contributed by atoms with Crippen LogP contribution >= 0.6 is 11.3 Å². The zero-order chi connectivity index (χ0) is 10.0. The maximum atomic E-state index is 10.8. The maximum absolute atomic E-state index is 10.8. The van der Waals surface area contributed by atoms with Crippen molar-refractivity contribution >= 4 is 28.2 Å². The molecule has 1 aromatic heterocycles. The zero-order valence-electron chi connectivity index (χ0n) is 7.57. The van der Waals surface area contributed by atoms with Crippen LogP contribution < -0.4 is 16.4 Å². The molecule has 0 aliphatic rings. The Morgan fingerprint density at radius 3 is 2.69 bits per heavy atom. The molecule has 0 saturated carbocycles. The highest BCUT2D eigenvalue weighted by Gasteiger charge is 2.14. The van der Waals surface area contributed by atoms with Gasteiger partial charge < -0.3 is 16.4 Å². The first-order valence-electron chi connectivity index (χ1n) is 3.83. The highest BCUT2D eigenvalue weighted by molar-refractivity contribution is 7.18. The quantitative estimate of drug-likeness (QED) is 0.734. The monoisotopic (exact) mass is 200 g/mol. The number of aromatic nitrogens is 1. The van der Waals surface area contributed by atoms with Crippen LogP contribution in [0.3, 0.4) is 0 Å². The number of thiazole rings is 1. The summed E-state index contributed by atoms with van der Waals surface area (Å²) in [4.78, 5) is 17.1. The normalized spacial score (nSPS) is 10.0. The van der Waals surface area contributed by atoms with Gasteiger partial charge in [-0.25, -0.2) is 4.98 Å². The molecule has 1 heterocycles. The van der Waals surface area contributed by atoms with Gasteiger partial charge in [0.25, 0.3) is 5.91 Å². The van der Waals surface area contributed by atoms with E-state index in [-0.39, 0.29) is 5.82 Å². The first kappa shape index (κ1) is 9.79. The number of nitrogens with zero attached hydrogens (tertiary/aromatic N) is 2. The molecule has 1 aromatic rings. The molecule has 0 aromatic carbocycles. The van der Waals surface area contributed by atoms with Crippen LogP contribution in [0.15, 0.2) is 0 Å². The molecule has 5 nitrogen and oxygen atoms in total. The van der Waals surface area contributed by atoms with Gasteiger partial charge in [0.2, 0.25) is 0 Å². The third kappa shape index (κ3) is 1.89. The topological polar surface area (TPSA) is 85.2 Å². The summed E-state index contributed by atoms with van der Waals surface area (Å²) in [7, 11) is 1.88. The first-order chi connectivity index (χ1) is 6.06. The molecule has 0 aliphatic carbocycles. The molecule has 1 amide bonds. The Bertz CT molecular complexity index is 322. The maximum Gasteiger partial charge on any atom is 0.262 e. The molecule has 1 rings (SSSR count). The Hall–Kier alpha value is -1.30. The van der Waals surface area contributed by atoms with Crippen LogP contribution in [0.4, 0.5) is 10.9 Å². The Labute approximate surface area is 80.4 Å². The molecule has 6 heteroatoms. The second-order valence-corrected chi connectivity index (χ2v) is 3.57. The Morgan fingerprint density at radius 1 is 1.69 bits per heavy atom. The summed E-state index contributed by atoms with van der Waals surface area (Å²) in [5.41, 5.74) is 10.6. The van der Waals surface area contributed by atoms with Crippen LogP contribution in [-0.4, -0.2) is 24.5 Å². The molecule has 0 radical (unpaired) electrons. The minimum atomic E-state index is -0.522. The molecule has 0 atom stereocenters. The average molecular weight is 200 g/mol. The minimum Gasteiger partial charge on any atom is -0.382 e. The fourth-order valence-electron chi connectivity index (χ4n) is 0.795.